The van der Waals surface area contributed by atoms with Gasteiger partial charge in [-0.25, -0.2) is 0 Å². The average molecular weight is 351 g/mol. The number of carbonyl (C=O) groups is 2. The van der Waals surface area contributed by atoms with Gasteiger partial charge in [0.1, 0.15) is 0 Å². The molecule has 4 nitrogen and oxygen atoms in total. The second-order valence-electron chi connectivity index (χ2n) is 6.73. The minimum atomic E-state index is -0.0600. The van der Waals surface area contributed by atoms with Crippen LogP contribution in [0.3, 0.4) is 0 Å². The Kier molecular flexibility index (Phi) is 6.18. The molecule has 0 saturated carbocycles. The fraction of sp³-hybridized carbons (Fsp3) is 0.364. The molecule has 1 N–H and O–H groups in total. The van der Waals surface area contributed by atoms with E-state index in [1.54, 1.807) is 0 Å². The quantitative estimate of drug-likeness (QED) is 0.797. The van der Waals surface area contributed by atoms with Crippen molar-refractivity contribution in [3.63, 3.8) is 0 Å². The highest BCUT2D eigenvalue weighted by Gasteiger charge is 2.15. The zero-order chi connectivity index (χ0) is 18.4. The van der Waals surface area contributed by atoms with E-state index in [4.69, 9.17) is 4.74 Å². The molecule has 0 bridgehead atoms. The van der Waals surface area contributed by atoms with Crippen molar-refractivity contribution < 1.29 is 14.3 Å². The van der Waals surface area contributed by atoms with E-state index in [-0.39, 0.29) is 11.7 Å². The van der Waals surface area contributed by atoms with Gasteiger partial charge in [-0.3, -0.25) is 9.59 Å². The number of ether oxygens (including phenoxy) is 1. The average Bonchev–Trinajstić information content (AvgIpc) is 2.72. The van der Waals surface area contributed by atoms with Crippen molar-refractivity contribution in [3.05, 3.63) is 59.7 Å². The van der Waals surface area contributed by atoms with E-state index in [0.29, 0.717) is 24.4 Å². The molecule has 2 aromatic carbocycles. The molecule has 1 aliphatic heterocycles. The fourth-order valence-electron chi connectivity index (χ4n) is 3.20. The Balaban J connectivity index is 1.67. The van der Waals surface area contributed by atoms with E-state index < -0.39 is 0 Å². The van der Waals surface area contributed by atoms with Crippen LogP contribution in [0, 0.1) is 5.92 Å². The van der Waals surface area contributed by atoms with Crippen LogP contribution in [0.4, 0.5) is 0 Å². The molecule has 0 spiro atoms. The molecule has 0 aliphatic carbocycles. The number of hydrogen-bond donors (Lipinski definition) is 1. The molecular weight excluding hydrogens is 326 g/mol. The minimum Gasteiger partial charge on any atom is -0.381 e. The second-order valence-corrected chi connectivity index (χ2v) is 6.73. The van der Waals surface area contributed by atoms with Crippen molar-refractivity contribution in [2.75, 3.05) is 19.8 Å². The molecule has 0 unspecified atom stereocenters. The summed E-state index contributed by atoms with van der Waals surface area (Å²) in [5, 5.41) is 3.02. The van der Waals surface area contributed by atoms with Crippen molar-refractivity contribution in [1.82, 2.24) is 5.32 Å². The summed E-state index contributed by atoms with van der Waals surface area (Å²) in [6.45, 7) is 4.06. The largest absolute Gasteiger partial charge is 0.381 e. The zero-order valence-corrected chi connectivity index (χ0v) is 15.2. The Labute approximate surface area is 154 Å². The number of rotatable bonds is 6. The molecule has 2 aromatic rings. The number of carbonyl (C=O) groups excluding carboxylic acids is 2. The standard InChI is InChI=1S/C22H25NO3/c1-2-21(24)18-10-8-17(9-11-18)19-6-3-7-20(13-19)22(25)23-14-16-5-4-12-26-15-16/h3,6-11,13,16H,2,4-5,12,14-15H2,1H3,(H,23,25)/t16-/m1/s1. The van der Waals surface area contributed by atoms with Gasteiger partial charge in [-0.1, -0.05) is 43.3 Å². The highest BCUT2D eigenvalue weighted by molar-refractivity contribution is 5.97. The van der Waals surface area contributed by atoms with Crippen molar-refractivity contribution in [1.29, 1.82) is 0 Å². The molecule has 1 atom stereocenters. The third-order valence-corrected chi connectivity index (χ3v) is 4.79. The first kappa shape index (κ1) is 18.3. The lowest BCUT2D eigenvalue weighted by molar-refractivity contribution is 0.0536. The monoisotopic (exact) mass is 351 g/mol. The van der Waals surface area contributed by atoms with Gasteiger partial charge in [-0.15, -0.1) is 0 Å². The van der Waals surface area contributed by atoms with Crippen LogP contribution in [0.15, 0.2) is 48.5 Å². The number of nitrogens with one attached hydrogen (secondary N) is 1. The highest BCUT2D eigenvalue weighted by atomic mass is 16.5. The molecule has 1 fully saturated rings. The van der Waals surface area contributed by atoms with Crippen LogP contribution < -0.4 is 5.32 Å². The van der Waals surface area contributed by atoms with E-state index in [1.165, 1.54) is 0 Å². The molecule has 1 amide bonds. The van der Waals surface area contributed by atoms with E-state index in [2.05, 4.69) is 5.32 Å². The zero-order valence-electron chi connectivity index (χ0n) is 15.2. The maximum atomic E-state index is 12.5. The molecule has 1 heterocycles. The Hall–Kier alpha value is -2.46. The summed E-state index contributed by atoms with van der Waals surface area (Å²) in [5.74, 6) is 0.478. The lowest BCUT2D eigenvalue weighted by Crippen LogP contribution is -2.33. The summed E-state index contributed by atoms with van der Waals surface area (Å²) in [4.78, 5) is 24.2. The predicted octanol–water partition coefficient (Wildman–Crippen LogP) is 4.10. The van der Waals surface area contributed by atoms with Crippen LogP contribution in [-0.2, 0) is 4.74 Å². The second kappa shape index (κ2) is 8.77. The maximum absolute atomic E-state index is 12.5. The van der Waals surface area contributed by atoms with Crippen molar-refractivity contribution in [2.45, 2.75) is 26.2 Å². The van der Waals surface area contributed by atoms with Crippen LogP contribution >= 0.6 is 0 Å². The number of benzene rings is 2. The molecule has 0 aromatic heterocycles. The van der Waals surface area contributed by atoms with Crippen LogP contribution in [0.25, 0.3) is 11.1 Å². The lowest BCUT2D eigenvalue weighted by Gasteiger charge is -2.22. The number of ketones is 1. The summed E-state index contributed by atoms with van der Waals surface area (Å²) >= 11 is 0. The topological polar surface area (TPSA) is 55.4 Å². The van der Waals surface area contributed by atoms with Gasteiger partial charge < -0.3 is 10.1 Å². The fourth-order valence-corrected chi connectivity index (χ4v) is 3.20. The van der Waals surface area contributed by atoms with Gasteiger partial charge in [0.05, 0.1) is 6.61 Å². The molecule has 0 radical (unpaired) electrons. The highest BCUT2D eigenvalue weighted by Crippen LogP contribution is 2.22. The van der Waals surface area contributed by atoms with E-state index in [0.717, 1.165) is 42.7 Å². The molecular formula is C22H25NO3. The first-order valence-electron chi connectivity index (χ1n) is 9.27. The van der Waals surface area contributed by atoms with Gasteiger partial charge in [-0.2, -0.15) is 0 Å². The first-order chi connectivity index (χ1) is 12.7. The summed E-state index contributed by atoms with van der Waals surface area (Å²) in [5.41, 5.74) is 3.33. The summed E-state index contributed by atoms with van der Waals surface area (Å²) in [6, 6.07) is 15.1. The molecule has 3 rings (SSSR count). The summed E-state index contributed by atoms with van der Waals surface area (Å²) < 4.78 is 5.46. The van der Waals surface area contributed by atoms with Crippen LogP contribution in [-0.4, -0.2) is 31.4 Å². The van der Waals surface area contributed by atoms with E-state index in [9.17, 15) is 9.59 Å². The third kappa shape index (κ3) is 4.58. The molecule has 136 valence electrons. The number of Topliss-reactive ketones (excluding diaryl/α,β-unsaturated/α-hetero) is 1. The van der Waals surface area contributed by atoms with Gasteiger partial charge in [-0.05, 0) is 42.0 Å². The smallest absolute Gasteiger partial charge is 0.251 e. The van der Waals surface area contributed by atoms with Gasteiger partial charge in [0.2, 0.25) is 0 Å². The molecule has 1 saturated heterocycles. The lowest BCUT2D eigenvalue weighted by atomic mass is 9.99. The molecule has 1 aliphatic rings. The Morgan fingerprint density at radius 3 is 2.58 bits per heavy atom. The van der Waals surface area contributed by atoms with Crippen molar-refractivity contribution in [2.24, 2.45) is 5.92 Å². The Morgan fingerprint density at radius 1 is 1.08 bits per heavy atom. The minimum absolute atomic E-state index is 0.0600. The maximum Gasteiger partial charge on any atom is 0.251 e. The van der Waals surface area contributed by atoms with Gasteiger partial charge in [0.15, 0.2) is 5.78 Å². The van der Waals surface area contributed by atoms with Crippen molar-refractivity contribution in [3.8, 4) is 11.1 Å². The summed E-state index contributed by atoms with van der Waals surface area (Å²) in [7, 11) is 0. The van der Waals surface area contributed by atoms with Crippen molar-refractivity contribution >= 4 is 11.7 Å². The van der Waals surface area contributed by atoms with Crippen LogP contribution in [0.1, 0.15) is 46.9 Å². The predicted molar refractivity (Wildman–Crippen MR) is 102 cm³/mol. The Morgan fingerprint density at radius 2 is 1.88 bits per heavy atom. The number of hydrogen-bond acceptors (Lipinski definition) is 3. The molecule has 26 heavy (non-hydrogen) atoms. The van der Waals surface area contributed by atoms with Gasteiger partial charge >= 0.3 is 0 Å². The van der Waals surface area contributed by atoms with E-state index >= 15 is 0 Å². The third-order valence-electron chi connectivity index (χ3n) is 4.79. The molecule has 4 heteroatoms. The normalized spacial score (nSPS) is 16.9. The van der Waals surface area contributed by atoms with Crippen LogP contribution in [0.5, 0.6) is 0 Å². The van der Waals surface area contributed by atoms with Crippen LogP contribution in [0.2, 0.25) is 0 Å². The first-order valence-corrected chi connectivity index (χ1v) is 9.27. The van der Waals surface area contributed by atoms with Gasteiger partial charge in [0.25, 0.3) is 5.91 Å². The SMILES string of the molecule is CCC(=O)c1ccc(-c2cccc(C(=O)NC[C@H]3CCCOC3)c2)cc1. The number of amides is 1. The van der Waals surface area contributed by atoms with Gasteiger partial charge in [0, 0.05) is 30.7 Å². The summed E-state index contributed by atoms with van der Waals surface area (Å²) in [6.07, 6.45) is 2.66. The van der Waals surface area contributed by atoms with E-state index in [1.807, 2.05) is 55.5 Å². The Bertz CT molecular complexity index is 761.